The van der Waals surface area contributed by atoms with Crippen LogP contribution in [0.2, 0.25) is 10.0 Å². The fraction of sp³-hybridized carbons (Fsp3) is 0.211. The zero-order valence-corrected chi connectivity index (χ0v) is 14.7. The second kappa shape index (κ2) is 7.29. The molecule has 0 saturated heterocycles. The second-order valence-corrected chi connectivity index (χ2v) is 6.35. The number of nitrogens with one attached hydrogen (secondary N) is 1. The molecule has 2 aromatic carbocycles. The Morgan fingerprint density at radius 2 is 1.79 bits per heavy atom. The number of ether oxygens (including phenoxy) is 1. The standard InChI is InChI=1S/C19H17Cl2NO2/c1-2-24-18(23)10-8-15-16-11-14(21)7-9-17(16)22-19(15)12-3-5-13(20)6-4-12/h3-7,9,11,22H,2,8,10H2,1H3. The Morgan fingerprint density at radius 3 is 2.50 bits per heavy atom. The molecule has 124 valence electrons. The van der Waals surface area contributed by atoms with Crippen LogP contribution in [-0.4, -0.2) is 17.6 Å². The van der Waals surface area contributed by atoms with Gasteiger partial charge < -0.3 is 9.72 Å². The predicted molar refractivity (Wildman–Crippen MR) is 98.7 cm³/mol. The molecule has 1 N–H and O–H groups in total. The topological polar surface area (TPSA) is 42.1 Å². The Bertz CT molecular complexity index is 869. The summed E-state index contributed by atoms with van der Waals surface area (Å²) in [7, 11) is 0. The van der Waals surface area contributed by atoms with Crippen LogP contribution in [0.1, 0.15) is 18.9 Å². The summed E-state index contributed by atoms with van der Waals surface area (Å²) in [6.07, 6.45) is 0.908. The first-order valence-electron chi connectivity index (χ1n) is 7.80. The SMILES string of the molecule is CCOC(=O)CCc1c(-c2ccc(Cl)cc2)[nH]c2ccc(Cl)cc12. The Morgan fingerprint density at radius 1 is 1.08 bits per heavy atom. The van der Waals surface area contributed by atoms with E-state index in [9.17, 15) is 4.79 Å². The molecule has 1 aromatic heterocycles. The first kappa shape index (κ1) is 16.9. The summed E-state index contributed by atoms with van der Waals surface area (Å²) in [5, 5.41) is 2.38. The number of aryl methyl sites for hydroxylation is 1. The highest BCUT2D eigenvalue weighted by Crippen LogP contribution is 2.33. The maximum atomic E-state index is 11.8. The van der Waals surface area contributed by atoms with E-state index in [-0.39, 0.29) is 5.97 Å². The molecular formula is C19H17Cl2NO2. The van der Waals surface area contributed by atoms with E-state index >= 15 is 0 Å². The van der Waals surface area contributed by atoms with Crippen LogP contribution in [0.25, 0.3) is 22.2 Å². The lowest BCUT2D eigenvalue weighted by Gasteiger charge is -2.06. The minimum absolute atomic E-state index is 0.198. The molecule has 0 aliphatic carbocycles. The van der Waals surface area contributed by atoms with Gasteiger partial charge in [-0.3, -0.25) is 4.79 Å². The summed E-state index contributed by atoms with van der Waals surface area (Å²) < 4.78 is 5.04. The molecule has 0 saturated carbocycles. The maximum absolute atomic E-state index is 11.8. The maximum Gasteiger partial charge on any atom is 0.306 e. The van der Waals surface area contributed by atoms with Gasteiger partial charge >= 0.3 is 5.97 Å². The van der Waals surface area contributed by atoms with E-state index in [1.807, 2.05) is 49.4 Å². The molecule has 0 aliphatic heterocycles. The number of benzene rings is 2. The van der Waals surface area contributed by atoms with Gasteiger partial charge in [-0.25, -0.2) is 0 Å². The molecule has 24 heavy (non-hydrogen) atoms. The zero-order valence-electron chi connectivity index (χ0n) is 13.2. The molecule has 5 heteroatoms. The third kappa shape index (κ3) is 3.58. The number of aromatic amines is 1. The first-order chi connectivity index (χ1) is 11.6. The quantitative estimate of drug-likeness (QED) is 0.597. The summed E-state index contributed by atoms with van der Waals surface area (Å²) >= 11 is 12.1. The highest BCUT2D eigenvalue weighted by Gasteiger charge is 2.15. The van der Waals surface area contributed by atoms with Gasteiger partial charge in [0.15, 0.2) is 0 Å². The number of esters is 1. The van der Waals surface area contributed by atoms with Crippen LogP contribution in [0.3, 0.4) is 0 Å². The molecular weight excluding hydrogens is 345 g/mol. The van der Waals surface area contributed by atoms with E-state index in [1.165, 1.54) is 0 Å². The molecule has 0 fully saturated rings. The Labute approximate surface area is 150 Å². The van der Waals surface area contributed by atoms with E-state index in [1.54, 1.807) is 0 Å². The molecule has 3 rings (SSSR count). The second-order valence-electron chi connectivity index (χ2n) is 5.48. The molecule has 0 unspecified atom stereocenters. The van der Waals surface area contributed by atoms with Crippen molar-refractivity contribution in [2.45, 2.75) is 19.8 Å². The highest BCUT2D eigenvalue weighted by molar-refractivity contribution is 6.31. The van der Waals surface area contributed by atoms with Crippen molar-refractivity contribution in [1.29, 1.82) is 0 Å². The van der Waals surface area contributed by atoms with E-state index < -0.39 is 0 Å². The molecule has 0 spiro atoms. The number of carbonyl (C=O) groups excluding carboxylic acids is 1. The normalized spacial score (nSPS) is 11.0. The van der Waals surface area contributed by atoms with Crippen LogP contribution in [-0.2, 0) is 16.0 Å². The van der Waals surface area contributed by atoms with E-state index in [0.717, 1.165) is 27.7 Å². The Balaban J connectivity index is 2.05. The number of fused-ring (bicyclic) bond motifs is 1. The third-order valence-electron chi connectivity index (χ3n) is 3.89. The van der Waals surface area contributed by atoms with Crippen LogP contribution in [0.4, 0.5) is 0 Å². The van der Waals surface area contributed by atoms with E-state index in [0.29, 0.717) is 29.5 Å². The van der Waals surface area contributed by atoms with Gasteiger partial charge in [0.05, 0.1) is 6.61 Å². The van der Waals surface area contributed by atoms with Gasteiger partial charge in [-0.1, -0.05) is 35.3 Å². The average molecular weight is 362 g/mol. The lowest BCUT2D eigenvalue weighted by atomic mass is 10.0. The average Bonchev–Trinajstić information content (AvgIpc) is 2.91. The monoisotopic (exact) mass is 361 g/mol. The minimum atomic E-state index is -0.198. The van der Waals surface area contributed by atoms with Gasteiger partial charge in [-0.2, -0.15) is 0 Å². The summed E-state index contributed by atoms with van der Waals surface area (Å²) in [5.74, 6) is -0.198. The minimum Gasteiger partial charge on any atom is -0.466 e. The lowest BCUT2D eigenvalue weighted by molar-refractivity contribution is -0.143. The van der Waals surface area contributed by atoms with Crippen molar-refractivity contribution in [3.8, 4) is 11.3 Å². The van der Waals surface area contributed by atoms with Gasteiger partial charge in [0.2, 0.25) is 0 Å². The Kier molecular flexibility index (Phi) is 5.12. The van der Waals surface area contributed by atoms with Crippen molar-refractivity contribution >= 4 is 40.1 Å². The van der Waals surface area contributed by atoms with Crippen molar-refractivity contribution in [3.63, 3.8) is 0 Å². The fourth-order valence-electron chi connectivity index (χ4n) is 2.80. The molecule has 0 amide bonds. The number of carbonyl (C=O) groups is 1. The van der Waals surface area contributed by atoms with Crippen LogP contribution >= 0.6 is 23.2 Å². The summed E-state index contributed by atoms with van der Waals surface area (Å²) in [5.41, 5.74) is 4.05. The number of hydrogen-bond acceptors (Lipinski definition) is 2. The third-order valence-corrected chi connectivity index (χ3v) is 4.37. The van der Waals surface area contributed by atoms with E-state index in [4.69, 9.17) is 27.9 Å². The van der Waals surface area contributed by atoms with Gasteiger partial charge in [0.25, 0.3) is 0 Å². The van der Waals surface area contributed by atoms with E-state index in [2.05, 4.69) is 4.98 Å². The highest BCUT2D eigenvalue weighted by atomic mass is 35.5. The summed E-state index contributed by atoms with van der Waals surface area (Å²) in [4.78, 5) is 15.2. The van der Waals surface area contributed by atoms with Crippen LogP contribution in [0.5, 0.6) is 0 Å². The number of halogens is 2. The van der Waals surface area contributed by atoms with Crippen molar-refractivity contribution in [2.24, 2.45) is 0 Å². The molecule has 0 atom stereocenters. The molecule has 0 bridgehead atoms. The van der Waals surface area contributed by atoms with Crippen molar-refractivity contribution in [1.82, 2.24) is 4.98 Å². The first-order valence-corrected chi connectivity index (χ1v) is 8.55. The molecule has 1 heterocycles. The van der Waals surface area contributed by atoms with Crippen molar-refractivity contribution in [2.75, 3.05) is 6.61 Å². The van der Waals surface area contributed by atoms with Gasteiger partial charge in [0, 0.05) is 33.1 Å². The molecule has 0 radical (unpaired) electrons. The van der Waals surface area contributed by atoms with Crippen molar-refractivity contribution < 1.29 is 9.53 Å². The van der Waals surface area contributed by atoms with Crippen LogP contribution in [0, 0.1) is 0 Å². The smallest absolute Gasteiger partial charge is 0.306 e. The molecule has 0 aliphatic rings. The van der Waals surface area contributed by atoms with Crippen molar-refractivity contribution in [3.05, 3.63) is 58.1 Å². The number of hydrogen-bond donors (Lipinski definition) is 1. The largest absolute Gasteiger partial charge is 0.466 e. The number of rotatable bonds is 5. The fourth-order valence-corrected chi connectivity index (χ4v) is 3.10. The molecule has 3 aromatic rings. The van der Waals surface area contributed by atoms with Gasteiger partial charge in [0.1, 0.15) is 0 Å². The number of H-pyrrole nitrogens is 1. The van der Waals surface area contributed by atoms with Crippen LogP contribution < -0.4 is 0 Å². The van der Waals surface area contributed by atoms with Crippen LogP contribution in [0.15, 0.2) is 42.5 Å². The summed E-state index contributed by atoms with van der Waals surface area (Å²) in [6, 6.07) is 13.3. The number of aromatic nitrogens is 1. The lowest BCUT2D eigenvalue weighted by Crippen LogP contribution is -2.05. The Hall–Kier alpha value is -1.97. The summed E-state index contributed by atoms with van der Waals surface area (Å²) in [6.45, 7) is 2.20. The zero-order chi connectivity index (χ0) is 17.1. The van der Waals surface area contributed by atoms with Gasteiger partial charge in [-0.05, 0) is 54.8 Å². The van der Waals surface area contributed by atoms with Gasteiger partial charge in [-0.15, -0.1) is 0 Å². The molecule has 3 nitrogen and oxygen atoms in total. The predicted octanol–water partition coefficient (Wildman–Crippen LogP) is 5.64.